The Kier molecular flexibility index (Phi) is 6.28. The van der Waals surface area contributed by atoms with Crippen LogP contribution in [0.1, 0.15) is 17.4 Å². The monoisotopic (exact) mass is 462 g/mol. The molecule has 0 bridgehead atoms. The number of anilines is 1. The maximum Gasteiger partial charge on any atom is 0.404 e. The third-order valence-corrected chi connectivity index (χ3v) is 5.77. The van der Waals surface area contributed by atoms with Gasteiger partial charge in [-0.15, -0.1) is 0 Å². The van der Waals surface area contributed by atoms with Crippen LogP contribution in [0.5, 0.6) is 0 Å². The van der Waals surface area contributed by atoms with Crippen LogP contribution >= 0.6 is 23.2 Å². The Hall–Kier alpha value is -1.89. The summed E-state index contributed by atoms with van der Waals surface area (Å²) in [5.74, 6) is -1.91. The summed E-state index contributed by atoms with van der Waals surface area (Å²) in [6.07, 6.45) is -3.93. The standard InChI is InChI=1S/C14H12Cl2F4N4O3S/c1-6(14(18,19)20)23-28(26,27)8-5-24(2)11(10(8)15)13(25)22-9-4-3-7(17)12(16)21-9/h3-6,23H,1-2H3,(H,21,22,25). The lowest BCUT2D eigenvalue weighted by molar-refractivity contribution is -0.147. The Morgan fingerprint density at radius 2 is 1.89 bits per heavy atom. The van der Waals surface area contributed by atoms with Gasteiger partial charge in [0.2, 0.25) is 10.0 Å². The molecule has 1 atom stereocenters. The number of pyridine rings is 1. The van der Waals surface area contributed by atoms with Gasteiger partial charge in [-0.25, -0.2) is 17.8 Å². The van der Waals surface area contributed by atoms with Crippen LogP contribution in [0.4, 0.5) is 23.4 Å². The van der Waals surface area contributed by atoms with Crippen LogP contribution in [0.3, 0.4) is 0 Å². The third kappa shape index (κ3) is 4.74. The number of rotatable bonds is 5. The van der Waals surface area contributed by atoms with E-state index in [1.165, 1.54) is 11.8 Å². The van der Waals surface area contributed by atoms with Gasteiger partial charge in [-0.05, 0) is 19.1 Å². The normalized spacial score (nSPS) is 13.4. The predicted molar refractivity (Wildman–Crippen MR) is 93.4 cm³/mol. The average molecular weight is 463 g/mol. The third-order valence-electron chi connectivity index (χ3n) is 3.46. The molecule has 0 radical (unpaired) electrons. The number of sulfonamides is 1. The summed E-state index contributed by atoms with van der Waals surface area (Å²) >= 11 is 11.4. The van der Waals surface area contributed by atoms with Gasteiger partial charge in [-0.2, -0.15) is 17.9 Å². The number of hydrogen-bond donors (Lipinski definition) is 2. The van der Waals surface area contributed by atoms with Crippen molar-refractivity contribution in [3.8, 4) is 0 Å². The highest BCUT2D eigenvalue weighted by Gasteiger charge is 2.40. The number of carbonyl (C=O) groups is 1. The Morgan fingerprint density at radius 1 is 1.29 bits per heavy atom. The lowest BCUT2D eigenvalue weighted by Crippen LogP contribution is -2.42. The lowest BCUT2D eigenvalue weighted by atomic mass is 10.3. The fourth-order valence-electron chi connectivity index (χ4n) is 2.04. The Labute approximate surface area is 166 Å². The summed E-state index contributed by atoms with van der Waals surface area (Å²) in [5.41, 5.74) is -0.371. The molecule has 2 aromatic heterocycles. The molecule has 14 heteroatoms. The van der Waals surface area contributed by atoms with Crippen LogP contribution < -0.4 is 10.0 Å². The zero-order chi connectivity index (χ0) is 21.4. The highest BCUT2D eigenvalue weighted by atomic mass is 35.5. The first kappa shape index (κ1) is 22.4. The van der Waals surface area contributed by atoms with Crippen molar-refractivity contribution < 1.29 is 30.8 Å². The van der Waals surface area contributed by atoms with Crippen molar-refractivity contribution >= 4 is 45.0 Å². The molecule has 2 rings (SSSR count). The number of aromatic nitrogens is 2. The first-order valence-electron chi connectivity index (χ1n) is 7.31. The van der Waals surface area contributed by atoms with Crippen LogP contribution in [0.15, 0.2) is 23.2 Å². The van der Waals surface area contributed by atoms with E-state index >= 15 is 0 Å². The Bertz CT molecular complexity index is 1020. The van der Waals surface area contributed by atoms with Gasteiger partial charge >= 0.3 is 6.18 Å². The van der Waals surface area contributed by atoms with E-state index in [9.17, 15) is 30.8 Å². The van der Waals surface area contributed by atoms with Crippen LogP contribution in [0.2, 0.25) is 10.2 Å². The van der Waals surface area contributed by atoms with Crippen LogP contribution in [-0.2, 0) is 17.1 Å². The van der Waals surface area contributed by atoms with E-state index in [0.717, 1.165) is 22.9 Å². The molecule has 2 heterocycles. The number of amides is 1. The zero-order valence-corrected chi connectivity index (χ0v) is 16.4. The van der Waals surface area contributed by atoms with Gasteiger partial charge in [0.25, 0.3) is 5.91 Å². The second-order valence-corrected chi connectivity index (χ2v) is 7.99. The molecule has 0 saturated heterocycles. The van der Waals surface area contributed by atoms with E-state index in [4.69, 9.17) is 23.2 Å². The summed E-state index contributed by atoms with van der Waals surface area (Å²) < 4.78 is 77.9. The van der Waals surface area contributed by atoms with Gasteiger partial charge in [-0.1, -0.05) is 23.2 Å². The van der Waals surface area contributed by atoms with Crippen molar-refractivity contribution in [2.24, 2.45) is 7.05 Å². The molecule has 2 N–H and O–H groups in total. The second kappa shape index (κ2) is 7.85. The molecule has 0 spiro atoms. The average Bonchev–Trinajstić information content (AvgIpc) is 2.85. The molecule has 0 aromatic carbocycles. The van der Waals surface area contributed by atoms with Gasteiger partial charge in [-0.3, -0.25) is 4.79 Å². The minimum absolute atomic E-state index is 0.151. The van der Waals surface area contributed by atoms with E-state index in [1.807, 2.05) is 0 Å². The summed E-state index contributed by atoms with van der Waals surface area (Å²) in [6, 6.07) is -0.340. The molecule has 0 aliphatic heterocycles. The van der Waals surface area contributed by atoms with Gasteiger partial charge in [0.15, 0.2) is 11.0 Å². The maximum absolute atomic E-state index is 13.1. The Morgan fingerprint density at radius 3 is 2.43 bits per heavy atom. The molecule has 7 nitrogen and oxygen atoms in total. The second-order valence-electron chi connectivity index (χ2n) is 5.57. The van der Waals surface area contributed by atoms with Gasteiger partial charge in [0, 0.05) is 13.2 Å². The minimum Gasteiger partial charge on any atom is -0.344 e. The zero-order valence-electron chi connectivity index (χ0n) is 14.1. The fraction of sp³-hybridized carbons (Fsp3) is 0.286. The number of aryl methyl sites for hydroxylation is 1. The van der Waals surface area contributed by atoms with E-state index in [-0.39, 0.29) is 11.5 Å². The molecule has 1 amide bonds. The number of nitrogens with zero attached hydrogens (tertiary/aromatic N) is 2. The summed E-state index contributed by atoms with van der Waals surface area (Å²) in [5, 5.41) is 1.12. The van der Waals surface area contributed by atoms with E-state index < -0.39 is 49.0 Å². The summed E-state index contributed by atoms with van der Waals surface area (Å²) in [7, 11) is -3.42. The first-order chi connectivity index (χ1) is 12.7. The number of nitrogens with one attached hydrogen (secondary N) is 2. The van der Waals surface area contributed by atoms with Crippen LogP contribution in [0, 0.1) is 5.82 Å². The van der Waals surface area contributed by atoms with Crippen molar-refractivity contribution in [2.75, 3.05) is 5.32 Å². The fourth-order valence-corrected chi connectivity index (χ4v) is 4.12. The number of carbonyl (C=O) groups excluding carboxylic acids is 1. The van der Waals surface area contributed by atoms with Crippen molar-refractivity contribution in [1.29, 1.82) is 0 Å². The highest BCUT2D eigenvalue weighted by Crippen LogP contribution is 2.29. The van der Waals surface area contributed by atoms with Gasteiger partial charge < -0.3 is 9.88 Å². The molecular formula is C14H12Cl2F4N4O3S. The number of hydrogen-bond acceptors (Lipinski definition) is 4. The number of halogens is 6. The molecule has 2 aromatic rings. The van der Waals surface area contributed by atoms with Gasteiger partial charge in [0.1, 0.15) is 22.4 Å². The Balaban J connectivity index is 2.34. The lowest BCUT2D eigenvalue weighted by Gasteiger charge is -2.16. The molecule has 0 saturated carbocycles. The molecule has 0 aliphatic carbocycles. The van der Waals surface area contributed by atoms with Crippen molar-refractivity contribution in [3.05, 3.63) is 40.0 Å². The van der Waals surface area contributed by atoms with Crippen molar-refractivity contribution in [2.45, 2.75) is 24.0 Å². The molecule has 0 aliphatic rings. The van der Waals surface area contributed by atoms with E-state index in [1.54, 1.807) is 0 Å². The van der Waals surface area contributed by atoms with Crippen LogP contribution in [0.25, 0.3) is 0 Å². The molecular weight excluding hydrogens is 451 g/mol. The molecule has 1 unspecified atom stereocenters. The van der Waals surface area contributed by atoms with Crippen LogP contribution in [-0.4, -0.2) is 36.1 Å². The van der Waals surface area contributed by atoms with E-state index in [0.29, 0.717) is 6.92 Å². The van der Waals surface area contributed by atoms with E-state index in [2.05, 4.69) is 10.3 Å². The largest absolute Gasteiger partial charge is 0.404 e. The maximum atomic E-state index is 13.1. The first-order valence-corrected chi connectivity index (χ1v) is 9.55. The summed E-state index contributed by atoms with van der Waals surface area (Å²) in [4.78, 5) is 15.2. The van der Waals surface area contributed by atoms with Crippen molar-refractivity contribution in [3.63, 3.8) is 0 Å². The number of alkyl halides is 3. The summed E-state index contributed by atoms with van der Waals surface area (Å²) in [6.45, 7) is 0.617. The smallest absolute Gasteiger partial charge is 0.344 e. The minimum atomic E-state index is -4.82. The quantitative estimate of drug-likeness (QED) is 0.526. The highest BCUT2D eigenvalue weighted by molar-refractivity contribution is 7.89. The predicted octanol–water partition coefficient (Wildman–Crippen LogP) is 3.35. The van der Waals surface area contributed by atoms with Gasteiger partial charge in [0.05, 0.1) is 5.02 Å². The SMILES string of the molecule is CC(NS(=O)(=O)c1cn(C)c(C(=O)Nc2ccc(F)c(Cl)n2)c1Cl)C(F)(F)F. The molecule has 0 fully saturated rings. The molecule has 154 valence electrons. The molecule has 28 heavy (non-hydrogen) atoms. The topological polar surface area (TPSA) is 93.1 Å². The van der Waals surface area contributed by atoms with Crippen molar-refractivity contribution in [1.82, 2.24) is 14.3 Å².